The van der Waals surface area contributed by atoms with Gasteiger partial charge < -0.3 is 9.47 Å². The Balaban J connectivity index is 1.68. The second-order valence-corrected chi connectivity index (χ2v) is 10.6. The fourth-order valence-corrected chi connectivity index (χ4v) is 5.50. The second-order valence-electron chi connectivity index (χ2n) is 8.79. The smallest absolute Gasteiger partial charge is 0.273 e. The monoisotopic (exact) mass is 557 g/mol. The summed E-state index contributed by atoms with van der Waals surface area (Å²) in [5.74, 6) is 0.742. The van der Waals surface area contributed by atoms with Crippen molar-refractivity contribution in [3.8, 4) is 11.5 Å². The molecule has 0 unspecified atom stereocenters. The third-order valence-electron chi connectivity index (χ3n) is 6.14. The number of para-hydroxylation sites is 1. The molecule has 8 nitrogen and oxygen atoms in total. The Morgan fingerprint density at radius 1 is 0.850 bits per heavy atom. The first kappa shape index (κ1) is 28.4. The number of sulfonamides is 1. The van der Waals surface area contributed by atoms with E-state index in [9.17, 15) is 13.2 Å². The Bertz CT molecular complexity index is 1570. The molecule has 9 heteroatoms. The first-order chi connectivity index (χ1) is 19.3. The number of anilines is 1. The molecular formula is C31H31N3O5S. The van der Waals surface area contributed by atoms with Crippen LogP contribution in [0.3, 0.4) is 0 Å². The molecule has 40 heavy (non-hydrogen) atoms. The molecular weight excluding hydrogens is 526 g/mol. The predicted molar refractivity (Wildman–Crippen MR) is 157 cm³/mol. The lowest BCUT2D eigenvalue weighted by atomic mass is 10.1. The number of methoxy groups -OCH3 is 1. The molecule has 0 radical (unpaired) electrons. The maximum atomic E-state index is 14.0. The fraction of sp³-hybridized carbons (Fsp3) is 0.161. The number of ether oxygens (including phenoxy) is 2. The Morgan fingerprint density at radius 2 is 1.48 bits per heavy atom. The average Bonchev–Trinajstić information content (AvgIpc) is 2.99. The first-order valence-electron chi connectivity index (χ1n) is 12.7. The highest BCUT2D eigenvalue weighted by molar-refractivity contribution is 7.92. The fourth-order valence-electron chi connectivity index (χ4n) is 4.03. The molecule has 4 rings (SSSR count). The van der Waals surface area contributed by atoms with Gasteiger partial charge in [0.15, 0.2) is 0 Å². The average molecular weight is 558 g/mol. The third-order valence-corrected chi connectivity index (χ3v) is 7.92. The maximum Gasteiger partial charge on any atom is 0.273 e. The topological polar surface area (TPSA) is 97.3 Å². The van der Waals surface area contributed by atoms with Crippen LogP contribution in [0.4, 0.5) is 5.69 Å². The summed E-state index contributed by atoms with van der Waals surface area (Å²) in [4.78, 5) is 13.4. The number of rotatable bonds is 11. The summed E-state index contributed by atoms with van der Waals surface area (Å²) in [6, 6.07) is 29.3. The Hall–Kier alpha value is -4.63. The first-order valence-corrected chi connectivity index (χ1v) is 14.1. The van der Waals surface area contributed by atoms with Gasteiger partial charge in [0, 0.05) is 0 Å². The van der Waals surface area contributed by atoms with Crippen LogP contribution in [0.15, 0.2) is 113 Å². The predicted octanol–water partition coefficient (Wildman–Crippen LogP) is 5.64. The summed E-state index contributed by atoms with van der Waals surface area (Å²) in [6.07, 6.45) is 0. The molecule has 0 bridgehead atoms. The molecule has 0 saturated carbocycles. The van der Waals surface area contributed by atoms with Crippen molar-refractivity contribution in [1.82, 2.24) is 5.43 Å². The highest BCUT2D eigenvalue weighted by Gasteiger charge is 2.28. The molecule has 1 amide bonds. The van der Waals surface area contributed by atoms with E-state index in [4.69, 9.17) is 9.47 Å². The summed E-state index contributed by atoms with van der Waals surface area (Å²) in [6.45, 7) is 4.28. The summed E-state index contributed by atoms with van der Waals surface area (Å²) < 4.78 is 39.8. The van der Waals surface area contributed by atoms with E-state index in [1.54, 1.807) is 43.3 Å². The number of carbonyl (C=O) groups is 1. The van der Waals surface area contributed by atoms with Crippen molar-refractivity contribution < 1.29 is 22.7 Å². The van der Waals surface area contributed by atoms with Gasteiger partial charge in [-0.2, -0.15) is 5.10 Å². The summed E-state index contributed by atoms with van der Waals surface area (Å²) in [7, 11) is -2.55. The minimum absolute atomic E-state index is 0.0218. The molecule has 0 aromatic heterocycles. The van der Waals surface area contributed by atoms with Crippen LogP contribution >= 0.6 is 0 Å². The van der Waals surface area contributed by atoms with E-state index in [1.165, 1.54) is 23.5 Å². The molecule has 0 aliphatic heterocycles. The highest BCUT2D eigenvalue weighted by Crippen LogP contribution is 2.30. The minimum atomic E-state index is -4.07. The van der Waals surface area contributed by atoms with Crippen LogP contribution in [-0.2, 0) is 16.6 Å². The lowest BCUT2D eigenvalue weighted by Crippen LogP contribution is -2.33. The summed E-state index contributed by atoms with van der Waals surface area (Å²) >= 11 is 0. The SMILES string of the molecule is CCOc1ccc(/C(C)=N/NC(=O)c2ccccc2N(Cc2ccccc2)S(=O)(=O)c2ccc(OC)cc2)cc1. The van der Waals surface area contributed by atoms with Gasteiger partial charge in [-0.3, -0.25) is 9.10 Å². The van der Waals surface area contributed by atoms with Gasteiger partial charge in [-0.25, -0.2) is 13.8 Å². The molecule has 0 saturated heterocycles. The summed E-state index contributed by atoms with van der Waals surface area (Å²) in [5.41, 5.74) is 5.14. The van der Waals surface area contributed by atoms with Gasteiger partial charge in [0.25, 0.3) is 15.9 Å². The number of hydrogen-bond acceptors (Lipinski definition) is 6. The van der Waals surface area contributed by atoms with E-state index in [0.717, 1.165) is 16.9 Å². The third kappa shape index (κ3) is 6.68. The Morgan fingerprint density at radius 3 is 2.12 bits per heavy atom. The van der Waals surface area contributed by atoms with Gasteiger partial charge in [-0.1, -0.05) is 42.5 Å². The van der Waals surface area contributed by atoms with Gasteiger partial charge in [0.2, 0.25) is 0 Å². The van der Waals surface area contributed by atoms with Crippen molar-refractivity contribution >= 4 is 27.3 Å². The van der Waals surface area contributed by atoms with Crippen molar-refractivity contribution in [3.05, 3.63) is 120 Å². The standard InChI is InChI=1S/C31H31N3O5S/c1-4-39-27-16-14-25(15-17-27)23(2)32-33-31(35)29-12-8-9-13-30(29)34(22-24-10-6-5-7-11-24)40(36,37)28-20-18-26(38-3)19-21-28/h5-21H,4,22H2,1-3H3,(H,33,35)/b32-23+. The zero-order valence-corrected chi connectivity index (χ0v) is 23.4. The van der Waals surface area contributed by atoms with Crippen molar-refractivity contribution in [2.75, 3.05) is 18.0 Å². The van der Waals surface area contributed by atoms with E-state index in [1.807, 2.05) is 61.5 Å². The van der Waals surface area contributed by atoms with Crippen LogP contribution < -0.4 is 19.2 Å². The van der Waals surface area contributed by atoms with Gasteiger partial charge in [0.1, 0.15) is 11.5 Å². The van der Waals surface area contributed by atoms with E-state index in [-0.39, 0.29) is 22.7 Å². The van der Waals surface area contributed by atoms with E-state index >= 15 is 0 Å². The molecule has 0 fully saturated rings. The molecule has 0 aliphatic rings. The van der Waals surface area contributed by atoms with Gasteiger partial charge in [0.05, 0.1) is 42.1 Å². The second kappa shape index (κ2) is 12.9. The van der Waals surface area contributed by atoms with Crippen LogP contribution in [0.5, 0.6) is 11.5 Å². The zero-order chi connectivity index (χ0) is 28.5. The number of amides is 1. The van der Waals surface area contributed by atoms with Crippen LogP contribution in [-0.4, -0.2) is 33.8 Å². The molecule has 206 valence electrons. The normalized spacial score (nSPS) is 11.5. The summed E-state index contributed by atoms with van der Waals surface area (Å²) in [5, 5.41) is 4.26. The van der Waals surface area contributed by atoms with Crippen molar-refractivity contribution in [1.29, 1.82) is 0 Å². The van der Waals surface area contributed by atoms with Crippen molar-refractivity contribution in [3.63, 3.8) is 0 Å². The van der Waals surface area contributed by atoms with Crippen LogP contribution in [0.2, 0.25) is 0 Å². The van der Waals surface area contributed by atoms with Crippen molar-refractivity contribution in [2.45, 2.75) is 25.3 Å². The minimum Gasteiger partial charge on any atom is -0.497 e. The molecule has 0 heterocycles. The Kier molecular flexibility index (Phi) is 9.19. The number of hydrogen-bond donors (Lipinski definition) is 1. The number of hydrazone groups is 1. The Labute approximate surface area is 234 Å². The number of nitrogens with zero attached hydrogens (tertiary/aromatic N) is 2. The number of benzene rings is 4. The number of nitrogens with one attached hydrogen (secondary N) is 1. The van der Waals surface area contributed by atoms with E-state index in [2.05, 4.69) is 10.5 Å². The lowest BCUT2D eigenvalue weighted by molar-refractivity contribution is 0.0955. The van der Waals surface area contributed by atoms with E-state index < -0.39 is 15.9 Å². The molecule has 0 spiro atoms. The largest absolute Gasteiger partial charge is 0.497 e. The van der Waals surface area contributed by atoms with Crippen LogP contribution in [0.25, 0.3) is 0 Å². The van der Waals surface area contributed by atoms with Crippen LogP contribution in [0.1, 0.15) is 35.3 Å². The molecule has 1 N–H and O–H groups in total. The van der Waals surface area contributed by atoms with Gasteiger partial charge in [-0.15, -0.1) is 0 Å². The molecule has 0 atom stereocenters. The quantitative estimate of drug-likeness (QED) is 0.190. The van der Waals surface area contributed by atoms with Gasteiger partial charge >= 0.3 is 0 Å². The van der Waals surface area contributed by atoms with Crippen molar-refractivity contribution in [2.24, 2.45) is 5.10 Å². The zero-order valence-electron chi connectivity index (χ0n) is 22.6. The van der Waals surface area contributed by atoms with Crippen LogP contribution in [0, 0.1) is 0 Å². The maximum absolute atomic E-state index is 14.0. The molecule has 4 aromatic rings. The lowest BCUT2D eigenvalue weighted by Gasteiger charge is -2.26. The number of carbonyl (C=O) groups excluding carboxylic acids is 1. The highest BCUT2D eigenvalue weighted by atomic mass is 32.2. The molecule has 0 aliphatic carbocycles. The van der Waals surface area contributed by atoms with E-state index in [0.29, 0.717) is 18.1 Å². The van der Waals surface area contributed by atoms with Gasteiger partial charge in [-0.05, 0) is 85.6 Å². The molecule has 4 aromatic carbocycles.